The van der Waals surface area contributed by atoms with E-state index in [1.807, 2.05) is 0 Å². The van der Waals surface area contributed by atoms with Crippen LogP contribution in [0.5, 0.6) is 0 Å². The Labute approximate surface area is 90.0 Å². The number of carbonyl (C=O) groups excluding carboxylic acids is 2. The van der Waals surface area contributed by atoms with Crippen molar-refractivity contribution < 1.29 is 14.3 Å². The van der Waals surface area contributed by atoms with E-state index in [9.17, 15) is 9.59 Å². The number of methoxy groups -OCH3 is 1. The van der Waals surface area contributed by atoms with Gasteiger partial charge in [0.05, 0.1) is 19.4 Å². The highest BCUT2D eigenvalue weighted by molar-refractivity contribution is 7.99. The molecule has 0 amide bonds. The molecule has 15 heavy (non-hydrogen) atoms. The predicted molar refractivity (Wildman–Crippen MR) is 51.5 cm³/mol. The van der Waals surface area contributed by atoms with Gasteiger partial charge in [0.2, 0.25) is 0 Å². The van der Waals surface area contributed by atoms with E-state index < -0.39 is 0 Å². The molecule has 7 heteroatoms. The zero-order chi connectivity index (χ0) is 10.8. The third kappa shape index (κ3) is 1.87. The molecule has 1 aliphatic heterocycles. The molecule has 1 aromatic heterocycles. The van der Waals surface area contributed by atoms with Crippen molar-refractivity contribution in [3.8, 4) is 0 Å². The summed E-state index contributed by atoms with van der Waals surface area (Å²) in [7, 11) is 1.31. The summed E-state index contributed by atoms with van der Waals surface area (Å²) in [6.45, 7) is 0. The minimum absolute atomic E-state index is 0.0988. The number of thioether (sulfide) groups is 1. The summed E-state index contributed by atoms with van der Waals surface area (Å²) >= 11 is 1.42. The molecule has 80 valence electrons. The second kappa shape index (κ2) is 4.01. The van der Waals surface area contributed by atoms with Crippen LogP contribution in [-0.2, 0) is 9.53 Å². The lowest BCUT2D eigenvalue weighted by molar-refractivity contribution is -0.141. The van der Waals surface area contributed by atoms with E-state index in [0.717, 1.165) is 0 Å². The molecule has 0 saturated heterocycles. The summed E-state index contributed by atoms with van der Waals surface area (Å²) in [6, 6.07) is 0. The fourth-order valence-electron chi connectivity index (χ4n) is 1.33. The first kappa shape index (κ1) is 10.2. The molecule has 1 aliphatic rings. The first-order chi connectivity index (χ1) is 7.22. The summed E-state index contributed by atoms with van der Waals surface area (Å²) < 4.78 is 5.76. The van der Waals surface area contributed by atoms with E-state index in [2.05, 4.69) is 14.8 Å². The molecule has 2 rings (SSSR count). The number of nitrogens with zero attached hydrogens (tertiary/aromatic N) is 3. The molecule has 0 unspecified atom stereocenters. The molecular formula is C8H9N3O3S. The molecule has 0 N–H and O–H groups in total. The summed E-state index contributed by atoms with van der Waals surface area (Å²) in [5, 5.41) is 4.39. The van der Waals surface area contributed by atoms with Crippen LogP contribution < -0.4 is 0 Å². The molecule has 0 radical (unpaired) electrons. The van der Waals surface area contributed by atoms with Crippen molar-refractivity contribution in [2.24, 2.45) is 5.92 Å². The van der Waals surface area contributed by atoms with Crippen LogP contribution in [0.15, 0.2) is 11.5 Å². The highest BCUT2D eigenvalue weighted by atomic mass is 32.2. The van der Waals surface area contributed by atoms with Crippen molar-refractivity contribution in [3.05, 3.63) is 6.33 Å². The Balaban J connectivity index is 2.13. The lowest BCUT2D eigenvalue weighted by Crippen LogP contribution is -2.31. The molecule has 1 atom stereocenters. The Morgan fingerprint density at radius 1 is 1.80 bits per heavy atom. The zero-order valence-corrected chi connectivity index (χ0v) is 8.86. The maximum atomic E-state index is 11.8. The van der Waals surface area contributed by atoms with Crippen molar-refractivity contribution in [1.29, 1.82) is 0 Å². The second-order valence-corrected chi connectivity index (χ2v) is 4.07. The Kier molecular flexibility index (Phi) is 2.72. The van der Waals surface area contributed by atoms with E-state index >= 15 is 0 Å². The number of esters is 1. The van der Waals surface area contributed by atoms with Crippen LogP contribution in [0, 0.1) is 5.92 Å². The number of hydrogen-bond donors (Lipinski definition) is 0. The van der Waals surface area contributed by atoms with Crippen molar-refractivity contribution in [3.63, 3.8) is 0 Å². The minimum atomic E-state index is -0.377. The molecule has 6 nitrogen and oxygen atoms in total. The van der Waals surface area contributed by atoms with Crippen molar-refractivity contribution in [1.82, 2.24) is 14.8 Å². The van der Waals surface area contributed by atoms with Crippen LogP contribution in [0.3, 0.4) is 0 Å². The van der Waals surface area contributed by atoms with Gasteiger partial charge in [0.25, 0.3) is 5.91 Å². The first-order valence-electron chi connectivity index (χ1n) is 4.36. The lowest BCUT2D eigenvalue weighted by atomic mass is 10.1. The third-order valence-electron chi connectivity index (χ3n) is 2.13. The summed E-state index contributed by atoms with van der Waals surface area (Å²) in [5.41, 5.74) is 0. The lowest BCUT2D eigenvalue weighted by Gasteiger charge is -2.18. The largest absolute Gasteiger partial charge is 0.469 e. The molecule has 0 aliphatic carbocycles. The maximum Gasteiger partial charge on any atom is 0.306 e. The van der Waals surface area contributed by atoms with Gasteiger partial charge in [-0.1, -0.05) is 11.8 Å². The standard InChI is InChI=1S/C8H9N3O3S/c1-14-6(12)2-5-3-15-8-9-4-10-11(8)7(5)13/h4-5H,2-3H2,1H3/t5-/m1/s1. The summed E-state index contributed by atoms with van der Waals surface area (Å²) in [6.07, 6.45) is 1.43. The summed E-state index contributed by atoms with van der Waals surface area (Å²) in [4.78, 5) is 26.7. The average molecular weight is 227 g/mol. The highest BCUT2D eigenvalue weighted by Gasteiger charge is 2.31. The SMILES string of the molecule is COC(=O)C[C@@H]1CSc2ncnn2C1=O. The van der Waals surface area contributed by atoms with Crippen LogP contribution in [0.1, 0.15) is 11.2 Å². The van der Waals surface area contributed by atoms with E-state index in [-0.39, 0.29) is 24.2 Å². The van der Waals surface area contributed by atoms with E-state index in [1.165, 1.54) is 29.9 Å². The third-order valence-corrected chi connectivity index (χ3v) is 3.23. The van der Waals surface area contributed by atoms with Crippen LogP contribution in [0.4, 0.5) is 0 Å². The Morgan fingerprint density at radius 2 is 2.60 bits per heavy atom. The van der Waals surface area contributed by atoms with E-state index in [4.69, 9.17) is 0 Å². The van der Waals surface area contributed by atoms with E-state index in [1.54, 1.807) is 0 Å². The van der Waals surface area contributed by atoms with E-state index in [0.29, 0.717) is 10.9 Å². The van der Waals surface area contributed by atoms with Gasteiger partial charge < -0.3 is 4.74 Å². The number of aromatic nitrogens is 3. The number of rotatable bonds is 2. The van der Waals surface area contributed by atoms with Crippen LogP contribution >= 0.6 is 11.8 Å². The molecular weight excluding hydrogens is 218 g/mol. The average Bonchev–Trinajstić information content (AvgIpc) is 2.70. The monoisotopic (exact) mass is 227 g/mol. The topological polar surface area (TPSA) is 74.1 Å². The number of ether oxygens (including phenoxy) is 1. The van der Waals surface area contributed by atoms with Crippen molar-refractivity contribution >= 4 is 23.6 Å². The summed E-state index contributed by atoms with van der Waals surface area (Å²) in [5.74, 6) is -0.382. The molecule has 0 spiro atoms. The van der Waals surface area contributed by atoms with Crippen LogP contribution in [-0.4, -0.2) is 39.5 Å². The Bertz CT molecular complexity index is 404. The normalized spacial score (nSPS) is 19.8. The van der Waals surface area contributed by atoms with Crippen LogP contribution in [0.2, 0.25) is 0 Å². The molecule has 0 aromatic carbocycles. The number of fused-ring (bicyclic) bond motifs is 1. The first-order valence-corrected chi connectivity index (χ1v) is 5.34. The number of hydrogen-bond acceptors (Lipinski definition) is 6. The van der Waals surface area contributed by atoms with Gasteiger partial charge in [-0.2, -0.15) is 9.78 Å². The predicted octanol–water partition coefficient (Wildman–Crippen LogP) is 0.203. The molecule has 1 aromatic rings. The van der Waals surface area contributed by atoms with Gasteiger partial charge in [-0.25, -0.2) is 4.98 Å². The molecule has 0 saturated carbocycles. The fraction of sp³-hybridized carbons (Fsp3) is 0.500. The molecule has 0 fully saturated rings. The Morgan fingerprint density at radius 3 is 3.33 bits per heavy atom. The second-order valence-electron chi connectivity index (χ2n) is 3.08. The quantitative estimate of drug-likeness (QED) is 0.672. The smallest absolute Gasteiger partial charge is 0.306 e. The van der Waals surface area contributed by atoms with Gasteiger partial charge in [0, 0.05) is 5.75 Å². The maximum absolute atomic E-state index is 11.8. The molecule has 0 bridgehead atoms. The van der Waals surface area contributed by atoms with Crippen molar-refractivity contribution in [2.45, 2.75) is 11.6 Å². The van der Waals surface area contributed by atoms with Gasteiger partial charge in [0.1, 0.15) is 6.33 Å². The minimum Gasteiger partial charge on any atom is -0.469 e. The van der Waals surface area contributed by atoms with Crippen molar-refractivity contribution in [2.75, 3.05) is 12.9 Å². The number of carbonyl (C=O) groups is 2. The van der Waals surface area contributed by atoms with Gasteiger partial charge in [0.15, 0.2) is 5.16 Å². The van der Waals surface area contributed by atoms with Gasteiger partial charge in [-0.3, -0.25) is 9.59 Å². The molecule has 2 heterocycles. The van der Waals surface area contributed by atoms with Gasteiger partial charge in [-0.15, -0.1) is 0 Å². The van der Waals surface area contributed by atoms with Gasteiger partial charge in [-0.05, 0) is 0 Å². The highest BCUT2D eigenvalue weighted by Crippen LogP contribution is 2.27. The van der Waals surface area contributed by atoms with Gasteiger partial charge >= 0.3 is 5.97 Å². The Hall–Kier alpha value is -1.37. The van der Waals surface area contributed by atoms with Crippen LogP contribution in [0.25, 0.3) is 0 Å². The zero-order valence-electron chi connectivity index (χ0n) is 8.04. The fourth-order valence-corrected chi connectivity index (χ4v) is 2.32.